The standard InChI is InChI=1S/C11H14N2O5/c1-8(14)6-12-11(15)7-18-10-5-3-2-4-9(10)13(16)17/h2-5,8,14H,6-7H2,1H3,(H,12,15)/t8-/m1/s1. The second-order valence-electron chi connectivity index (χ2n) is 3.67. The molecule has 0 saturated heterocycles. The fraction of sp³-hybridized carbons (Fsp3) is 0.364. The summed E-state index contributed by atoms with van der Waals surface area (Å²) in [6, 6.07) is 5.80. The summed E-state index contributed by atoms with van der Waals surface area (Å²) in [6.07, 6.45) is -0.653. The number of hydrogen-bond acceptors (Lipinski definition) is 5. The van der Waals surface area contributed by atoms with E-state index in [0.29, 0.717) is 0 Å². The summed E-state index contributed by atoms with van der Waals surface area (Å²) in [5.41, 5.74) is -0.194. The number of carbonyl (C=O) groups is 1. The highest BCUT2D eigenvalue weighted by Crippen LogP contribution is 2.25. The Bertz CT molecular complexity index is 433. The summed E-state index contributed by atoms with van der Waals surface area (Å²) in [6.45, 7) is 1.31. The number of rotatable bonds is 6. The molecule has 2 N–H and O–H groups in total. The third-order valence-corrected chi connectivity index (χ3v) is 2.02. The molecular formula is C11H14N2O5. The molecule has 0 saturated carbocycles. The monoisotopic (exact) mass is 254 g/mol. The molecule has 0 spiro atoms. The van der Waals surface area contributed by atoms with E-state index in [4.69, 9.17) is 9.84 Å². The number of carbonyl (C=O) groups excluding carboxylic acids is 1. The van der Waals surface area contributed by atoms with E-state index in [2.05, 4.69) is 5.32 Å². The molecule has 18 heavy (non-hydrogen) atoms. The second-order valence-corrected chi connectivity index (χ2v) is 3.67. The molecule has 1 rings (SSSR count). The summed E-state index contributed by atoms with van der Waals surface area (Å²) in [7, 11) is 0. The molecule has 7 heteroatoms. The van der Waals surface area contributed by atoms with Crippen LogP contribution in [0.4, 0.5) is 5.69 Å². The summed E-state index contributed by atoms with van der Waals surface area (Å²) in [4.78, 5) is 21.4. The van der Waals surface area contributed by atoms with Gasteiger partial charge in [0.15, 0.2) is 12.4 Å². The Morgan fingerprint density at radius 3 is 2.83 bits per heavy atom. The zero-order valence-electron chi connectivity index (χ0n) is 9.83. The van der Waals surface area contributed by atoms with Crippen LogP contribution in [0.1, 0.15) is 6.92 Å². The third-order valence-electron chi connectivity index (χ3n) is 2.02. The van der Waals surface area contributed by atoms with Crippen molar-refractivity contribution in [2.45, 2.75) is 13.0 Å². The van der Waals surface area contributed by atoms with Gasteiger partial charge in [0.2, 0.25) is 0 Å². The topological polar surface area (TPSA) is 102 Å². The SMILES string of the molecule is C[C@@H](O)CNC(=O)COc1ccccc1[N+](=O)[O-]. The maximum absolute atomic E-state index is 11.3. The first-order valence-electron chi connectivity index (χ1n) is 5.31. The van der Waals surface area contributed by atoms with Crippen LogP contribution < -0.4 is 10.1 Å². The van der Waals surface area contributed by atoms with Crippen molar-refractivity contribution < 1.29 is 19.6 Å². The highest BCUT2D eigenvalue weighted by molar-refractivity contribution is 5.77. The van der Waals surface area contributed by atoms with Crippen LogP contribution >= 0.6 is 0 Å². The number of nitro groups is 1. The third kappa shape index (κ3) is 4.38. The van der Waals surface area contributed by atoms with Crippen LogP contribution in [0.2, 0.25) is 0 Å². The number of hydrogen-bond donors (Lipinski definition) is 2. The summed E-state index contributed by atoms with van der Waals surface area (Å²) >= 11 is 0. The molecule has 98 valence electrons. The van der Waals surface area contributed by atoms with E-state index in [-0.39, 0.29) is 24.6 Å². The number of aliphatic hydroxyl groups is 1. The van der Waals surface area contributed by atoms with Gasteiger partial charge in [-0.2, -0.15) is 0 Å². The number of nitrogens with one attached hydrogen (secondary N) is 1. The maximum atomic E-state index is 11.3. The van der Waals surface area contributed by atoms with E-state index in [1.807, 2.05) is 0 Å². The minimum absolute atomic E-state index is 0.0368. The Kier molecular flexibility index (Phi) is 5.06. The Labute approximate surface area is 104 Å². The molecule has 0 aliphatic rings. The predicted octanol–water partition coefficient (Wildman–Crippen LogP) is 0.471. The lowest BCUT2D eigenvalue weighted by Gasteiger charge is -2.08. The minimum atomic E-state index is -0.653. The van der Waals surface area contributed by atoms with Crippen LogP contribution in [0.25, 0.3) is 0 Å². The van der Waals surface area contributed by atoms with Crippen molar-refractivity contribution >= 4 is 11.6 Å². The van der Waals surface area contributed by atoms with Gasteiger partial charge in [0, 0.05) is 12.6 Å². The van der Waals surface area contributed by atoms with Crippen LogP contribution in [0.15, 0.2) is 24.3 Å². The first-order valence-corrected chi connectivity index (χ1v) is 5.31. The fourth-order valence-electron chi connectivity index (χ4n) is 1.19. The Hall–Kier alpha value is -2.15. The van der Waals surface area contributed by atoms with Gasteiger partial charge in [-0.1, -0.05) is 12.1 Å². The molecule has 1 aromatic rings. The zero-order valence-corrected chi connectivity index (χ0v) is 9.83. The number of ether oxygens (including phenoxy) is 1. The Morgan fingerprint density at radius 2 is 2.22 bits per heavy atom. The molecule has 0 aliphatic carbocycles. The summed E-state index contributed by atoms with van der Waals surface area (Å²) < 4.78 is 5.06. The highest BCUT2D eigenvalue weighted by Gasteiger charge is 2.14. The number of nitrogens with zero attached hydrogens (tertiary/aromatic N) is 1. The van der Waals surface area contributed by atoms with Gasteiger partial charge in [-0.25, -0.2) is 0 Å². The van der Waals surface area contributed by atoms with Gasteiger partial charge in [-0.05, 0) is 13.0 Å². The van der Waals surface area contributed by atoms with Crippen LogP contribution in [0.3, 0.4) is 0 Å². The molecule has 7 nitrogen and oxygen atoms in total. The molecule has 1 aromatic carbocycles. The molecule has 0 radical (unpaired) electrons. The Balaban J connectivity index is 2.53. The zero-order chi connectivity index (χ0) is 13.5. The molecule has 0 bridgehead atoms. The lowest BCUT2D eigenvalue weighted by Crippen LogP contribution is -2.34. The fourth-order valence-corrected chi connectivity index (χ4v) is 1.19. The molecule has 0 aliphatic heterocycles. The second kappa shape index (κ2) is 6.55. The van der Waals surface area contributed by atoms with Gasteiger partial charge in [0.05, 0.1) is 11.0 Å². The van der Waals surface area contributed by atoms with Crippen LogP contribution in [0, 0.1) is 10.1 Å². The van der Waals surface area contributed by atoms with E-state index >= 15 is 0 Å². The first kappa shape index (κ1) is 13.9. The van der Waals surface area contributed by atoms with Crippen molar-refractivity contribution in [1.29, 1.82) is 0 Å². The minimum Gasteiger partial charge on any atom is -0.477 e. The first-order chi connectivity index (χ1) is 8.50. The predicted molar refractivity (Wildman–Crippen MR) is 63.3 cm³/mol. The normalized spacial score (nSPS) is 11.7. The number of para-hydroxylation sites is 2. The van der Waals surface area contributed by atoms with Crippen LogP contribution in [0.5, 0.6) is 5.75 Å². The van der Waals surface area contributed by atoms with Crippen molar-refractivity contribution in [2.24, 2.45) is 0 Å². The van der Waals surface area contributed by atoms with Gasteiger partial charge < -0.3 is 15.2 Å². The number of amides is 1. The van der Waals surface area contributed by atoms with Crippen molar-refractivity contribution in [2.75, 3.05) is 13.2 Å². The summed E-state index contributed by atoms with van der Waals surface area (Å²) in [5, 5.41) is 22.0. The van der Waals surface area contributed by atoms with Gasteiger partial charge in [0.1, 0.15) is 0 Å². The van der Waals surface area contributed by atoms with Gasteiger partial charge in [-0.15, -0.1) is 0 Å². The van der Waals surface area contributed by atoms with Crippen LogP contribution in [-0.2, 0) is 4.79 Å². The quantitative estimate of drug-likeness (QED) is 0.567. The van der Waals surface area contributed by atoms with Crippen molar-refractivity contribution in [3.8, 4) is 5.75 Å². The molecule has 0 aromatic heterocycles. The number of benzene rings is 1. The van der Waals surface area contributed by atoms with Gasteiger partial charge >= 0.3 is 5.69 Å². The number of nitro benzene ring substituents is 1. The van der Waals surface area contributed by atoms with E-state index in [1.165, 1.54) is 25.1 Å². The Morgan fingerprint density at radius 1 is 1.56 bits per heavy atom. The maximum Gasteiger partial charge on any atom is 0.310 e. The van der Waals surface area contributed by atoms with Gasteiger partial charge in [0.25, 0.3) is 5.91 Å². The van der Waals surface area contributed by atoms with Gasteiger partial charge in [-0.3, -0.25) is 14.9 Å². The number of aliphatic hydroxyl groups excluding tert-OH is 1. The molecule has 0 heterocycles. The largest absolute Gasteiger partial charge is 0.477 e. The molecule has 0 fully saturated rings. The van der Waals surface area contributed by atoms with E-state index in [1.54, 1.807) is 6.07 Å². The summed E-state index contributed by atoms with van der Waals surface area (Å²) in [5.74, 6) is -0.413. The van der Waals surface area contributed by atoms with Crippen LogP contribution in [-0.4, -0.2) is 35.2 Å². The lowest BCUT2D eigenvalue weighted by atomic mass is 10.3. The van der Waals surface area contributed by atoms with E-state index in [9.17, 15) is 14.9 Å². The molecule has 1 amide bonds. The van der Waals surface area contributed by atoms with E-state index in [0.717, 1.165) is 0 Å². The molecular weight excluding hydrogens is 240 g/mol. The van der Waals surface area contributed by atoms with Crippen molar-refractivity contribution in [3.63, 3.8) is 0 Å². The average molecular weight is 254 g/mol. The molecule has 0 unspecified atom stereocenters. The van der Waals surface area contributed by atoms with Crippen molar-refractivity contribution in [3.05, 3.63) is 34.4 Å². The smallest absolute Gasteiger partial charge is 0.310 e. The van der Waals surface area contributed by atoms with E-state index < -0.39 is 16.9 Å². The molecule has 1 atom stereocenters. The van der Waals surface area contributed by atoms with Crippen molar-refractivity contribution in [1.82, 2.24) is 5.32 Å². The highest BCUT2D eigenvalue weighted by atomic mass is 16.6. The average Bonchev–Trinajstić information content (AvgIpc) is 2.34. The lowest BCUT2D eigenvalue weighted by molar-refractivity contribution is -0.385.